The zero-order valence-electron chi connectivity index (χ0n) is 12.1. The van der Waals surface area contributed by atoms with Crippen molar-refractivity contribution >= 4 is 45.6 Å². The molecule has 0 fully saturated rings. The number of nitrogens with zero attached hydrogens (tertiary/aromatic N) is 4. The highest BCUT2D eigenvalue weighted by Gasteiger charge is 2.13. The van der Waals surface area contributed by atoms with Crippen molar-refractivity contribution in [3.63, 3.8) is 0 Å². The minimum atomic E-state index is 0.162. The third-order valence-electron chi connectivity index (χ3n) is 3.32. The normalized spacial score (nSPS) is 11.5. The second-order valence-corrected chi connectivity index (χ2v) is 5.63. The first-order valence-corrected chi connectivity index (χ1v) is 7.46. The fourth-order valence-corrected chi connectivity index (χ4v) is 2.63. The Bertz CT molecular complexity index is 953. The minimum absolute atomic E-state index is 0.162. The number of anilines is 1. The van der Waals surface area contributed by atoms with Crippen LogP contribution in [0.25, 0.3) is 11.0 Å². The SMILES string of the molecule is Cn1c(/C(C#N)=N\Nc2ccc(Cl)cc2Cl)nc2ccccc21. The van der Waals surface area contributed by atoms with Crippen molar-refractivity contribution in [2.75, 3.05) is 5.43 Å². The first-order valence-electron chi connectivity index (χ1n) is 6.71. The van der Waals surface area contributed by atoms with Crippen molar-refractivity contribution in [2.24, 2.45) is 12.1 Å². The Hall–Kier alpha value is -2.55. The number of fused-ring (bicyclic) bond motifs is 1. The molecule has 7 heteroatoms. The standard InChI is InChI=1S/C16H11Cl2N5/c1-23-15-5-3-2-4-13(15)20-16(23)14(9-19)22-21-12-7-6-10(17)8-11(12)18/h2-8,21H,1H3/b22-14-. The molecule has 3 rings (SSSR count). The van der Waals surface area contributed by atoms with Crippen LogP contribution in [-0.2, 0) is 7.05 Å². The molecular weight excluding hydrogens is 333 g/mol. The quantitative estimate of drug-likeness (QED) is 0.571. The number of nitrogens with one attached hydrogen (secondary N) is 1. The number of aryl methyl sites for hydroxylation is 1. The summed E-state index contributed by atoms with van der Waals surface area (Å²) in [7, 11) is 1.84. The van der Waals surface area contributed by atoms with E-state index in [9.17, 15) is 5.26 Å². The van der Waals surface area contributed by atoms with E-state index in [1.807, 2.05) is 35.9 Å². The molecule has 3 aromatic rings. The van der Waals surface area contributed by atoms with E-state index in [2.05, 4.69) is 21.6 Å². The van der Waals surface area contributed by atoms with Crippen LogP contribution in [-0.4, -0.2) is 15.3 Å². The molecule has 0 saturated heterocycles. The van der Waals surface area contributed by atoms with Crippen molar-refractivity contribution < 1.29 is 0 Å². The van der Waals surface area contributed by atoms with Gasteiger partial charge in [0.15, 0.2) is 5.82 Å². The van der Waals surface area contributed by atoms with Crippen LogP contribution in [0, 0.1) is 11.3 Å². The Balaban J connectivity index is 1.98. The maximum absolute atomic E-state index is 9.39. The summed E-state index contributed by atoms with van der Waals surface area (Å²) in [6.07, 6.45) is 0. The van der Waals surface area contributed by atoms with Crippen LogP contribution in [0.4, 0.5) is 5.69 Å². The number of para-hydroxylation sites is 2. The van der Waals surface area contributed by atoms with E-state index in [0.717, 1.165) is 11.0 Å². The molecule has 1 heterocycles. The van der Waals surface area contributed by atoms with Crippen molar-refractivity contribution in [3.05, 3.63) is 58.3 Å². The second kappa shape index (κ2) is 6.29. The van der Waals surface area contributed by atoms with Gasteiger partial charge in [-0.1, -0.05) is 35.3 Å². The van der Waals surface area contributed by atoms with E-state index >= 15 is 0 Å². The molecule has 0 unspecified atom stereocenters. The molecule has 0 aliphatic heterocycles. The van der Waals surface area contributed by atoms with Crippen LogP contribution >= 0.6 is 23.2 Å². The minimum Gasteiger partial charge on any atom is -0.325 e. The topological polar surface area (TPSA) is 66.0 Å². The van der Waals surface area contributed by atoms with Crippen LogP contribution in [0.15, 0.2) is 47.6 Å². The Morgan fingerprint density at radius 2 is 2.04 bits per heavy atom. The van der Waals surface area contributed by atoms with Gasteiger partial charge in [0.05, 0.1) is 21.7 Å². The monoisotopic (exact) mass is 343 g/mol. The van der Waals surface area contributed by atoms with Gasteiger partial charge in [-0.2, -0.15) is 10.4 Å². The fourth-order valence-electron chi connectivity index (χ4n) is 2.18. The van der Waals surface area contributed by atoms with Crippen molar-refractivity contribution in [1.29, 1.82) is 5.26 Å². The number of aromatic nitrogens is 2. The molecule has 2 aromatic carbocycles. The summed E-state index contributed by atoms with van der Waals surface area (Å²) in [6, 6.07) is 14.7. The lowest BCUT2D eigenvalue weighted by Gasteiger charge is -2.05. The number of halogens is 2. The van der Waals surface area contributed by atoms with Gasteiger partial charge < -0.3 is 4.57 Å². The first kappa shape index (κ1) is 15.3. The number of hydrogen-bond donors (Lipinski definition) is 1. The number of benzene rings is 2. The van der Waals surface area contributed by atoms with E-state index in [4.69, 9.17) is 23.2 Å². The van der Waals surface area contributed by atoms with Crippen molar-refractivity contribution in [1.82, 2.24) is 9.55 Å². The Labute approximate surface area is 142 Å². The maximum atomic E-state index is 9.39. The highest BCUT2D eigenvalue weighted by molar-refractivity contribution is 6.36. The predicted octanol–water partition coefficient (Wildman–Crippen LogP) is 4.22. The van der Waals surface area contributed by atoms with Gasteiger partial charge in [-0.3, -0.25) is 5.43 Å². The van der Waals surface area contributed by atoms with Gasteiger partial charge in [0, 0.05) is 12.1 Å². The smallest absolute Gasteiger partial charge is 0.203 e. The summed E-state index contributed by atoms with van der Waals surface area (Å²) in [5.41, 5.74) is 5.23. The van der Waals surface area contributed by atoms with E-state index in [0.29, 0.717) is 21.6 Å². The number of rotatable bonds is 3. The number of hydrogen-bond acceptors (Lipinski definition) is 4. The molecule has 0 saturated carbocycles. The van der Waals surface area contributed by atoms with Crippen LogP contribution in [0.2, 0.25) is 10.0 Å². The largest absolute Gasteiger partial charge is 0.325 e. The molecule has 1 aromatic heterocycles. The molecule has 0 atom stereocenters. The number of nitriles is 1. The van der Waals surface area contributed by atoms with Gasteiger partial charge >= 0.3 is 0 Å². The third-order valence-corrected chi connectivity index (χ3v) is 3.87. The number of hydrazone groups is 1. The van der Waals surface area contributed by atoms with Gasteiger partial charge in [0.25, 0.3) is 0 Å². The Morgan fingerprint density at radius 3 is 2.74 bits per heavy atom. The van der Waals surface area contributed by atoms with Crippen molar-refractivity contribution in [2.45, 2.75) is 0 Å². The number of imidazole rings is 1. The molecular formula is C16H11Cl2N5. The zero-order valence-corrected chi connectivity index (χ0v) is 13.6. The molecule has 0 radical (unpaired) electrons. The maximum Gasteiger partial charge on any atom is 0.203 e. The molecule has 1 N–H and O–H groups in total. The summed E-state index contributed by atoms with van der Waals surface area (Å²) < 4.78 is 1.82. The summed E-state index contributed by atoms with van der Waals surface area (Å²) in [6.45, 7) is 0. The van der Waals surface area contributed by atoms with Crippen LogP contribution in [0.1, 0.15) is 5.82 Å². The molecule has 0 aliphatic carbocycles. The highest BCUT2D eigenvalue weighted by atomic mass is 35.5. The van der Waals surface area contributed by atoms with Crippen molar-refractivity contribution in [3.8, 4) is 6.07 Å². The summed E-state index contributed by atoms with van der Waals surface area (Å²) in [5, 5.41) is 14.5. The van der Waals surface area contributed by atoms with Crippen LogP contribution in [0.5, 0.6) is 0 Å². The molecule has 114 valence electrons. The highest BCUT2D eigenvalue weighted by Crippen LogP contribution is 2.25. The average Bonchev–Trinajstić information content (AvgIpc) is 2.87. The van der Waals surface area contributed by atoms with E-state index in [1.165, 1.54) is 0 Å². The first-order chi connectivity index (χ1) is 11.1. The van der Waals surface area contributed by atoms with E-state index in [-0.39, 0.29) is 5.71 Å². The molecule has 0 bridgehead atoms. The van der Waals surface area contributed by atoms with Crippen LogP contribution in [0.3, 0.4) is 0 Å². The van der Waals surface area contributed by atoms with Gasteiger partial charge in [0.2, 0.25) is 5.71 Å². The summed E-state index contributed by atoms with van der Waals surface area (Å²) >= 11 is 11.9. The van der Waals surface area contributed by atoms with Crippen LogP contribution < -0.4 is 5.43 Å². The zero-order chi connectivity index (χ0) is 16.4. The fraction of sp³-hybridized carbons (Fsp3) is 0.0625. The molecule has 5 nitrogen and oxygen atoms in total. The van der Waals surface area contributed by atoms with Gasteiger partial charge in [-0.15, -0.1) is 0 Å². The Morgan fingerprint density at radius 1 is 1.26 bits per heavy atom. The lowest BCUT2D eigenvalue weighted by atomic mass is 10.3. The predicted molar refractivity (Wildman–Crippen MR) is 92.9 cm³/mol. The Kier molecular flexibility index (Phi) is 4.20. The molecule has 0 aliphatic rings. The van der Waals surface area contributed by atoms with Gasteiger partial charge in [-0.25, -0.2) is 4.98 Å². The van der Waals surface area contributed by atoms with Gasteiger partial charge in [0.1, 0.15) is 6.07 Å². The lowest BCUT2D eigenvalue weighted by Crippen LogP contribution is -2.09. The molecule has 0 amide bonds. The third kappa shape index (κ3) is 3.00. The second-order valence-electron chi connectivity index (χ2n) is 4.79. The van der Waals surface area contributed by atoms with Gasteiger partial charge in [-0.05, 0) is 30.3 Å². The lowest BCUT2D eigenvalue weighted by molar-refractivity contribution is 0.929. The average molecular weight is 344 g/mol. The van der Waals surface area contributed by atoms with E-state index < -0.39 is 0 Å². The molecule has 0 spiro atoms. The summed E-state index contributed by atoms with van der Waals surface area (Å²) in [5.74, 6) is 0.478. The van der Waals surface area contributed by atoms with E-state index in [1.54, 1.807) is 18.2 Å². The molecule has 23 heavy (non-hydrogen) atoms. The summed E-state index contributed by atoms with van der Waals surface area (Å²) in [4.78, 5) is 4.45.